The minimum absolute atomic E-state index is 0.0299. The Morgan fingerprint density at radius 2 is 1.89 bits per heavy atom. The Hall–Kier alpha value is -2.63. The second-order valence-corrected chi connectivity index (χ2v) is 7.52. The smallest absolute Gasteiger partial charge is 0.251 e. The van der Waals surface area contributed by atoms with Crippen LogP contribution in [0.2, 0.25) is 0 Å². The predicted octanol–water partition coefficient (Wildman–Crippen LogP) is 3.25. The number of nitrogens with zero attached hydrogens (tertiary/aromatic N) is 3. The third-order valence-electron chi connectivity index (χ3n) is 5.22. The van der Waals surface area contributed by atoms with E-state index in [1.807, 2.05) is 56.3 Å². The van der Waals surface area contributed by atoms with E-state index in [1.165, 1.54) is 0 Å². The molecule has 0 aliphatic heterocycles. The van der Waals surface area contributed by atoms with E-state index in [9.17, 15) is 4.79 Å². The van der Waals surface area contributed by atoms with Gasteiger partial charge in [-0.25, -0.2) is 4.98 Å². The van der Waals surface area contributed by atoms with Crippen molar-refractivity contribution in [2.75, 3.05) is 30.9 Å². The summed E-state index contributed by atoms with van der Waals surface area (Å²) in [6.45, 7) is 2.71. The maximum atomic E-state index is 12.4. The van der Waals surface area contributed by atoms with Gasteiger partial charge in [0.2, 0.25) is 5.95 Å². The Balaban J connectivity index is 1.44. The molecule has 6 nitrogen and oxygen atoms in total. The van der Waals surface area contributed by atoms with Gasteiger partial charge in [0.05, 0.1) is 0 Å². The average Bonchev–Trinajstić information content (AvgIpc) is 2.68. The zero-order valence-electron chi connectivity index (χ0n) is 16.4. The van der Waals surface area contributed by atoms with Gasteiger partial charge in [0.1, 0.15) is 5.82 Å². The van der Waals surface area contributed by atoms with Crippen molar-refractivity contribution in [1.29, 1.82) is 0 Å². The number of amides is 1. The standard InChI is InChI=1S/C21H29N5O/c1-15-6-4-5-7-18(15)20(27)23-14-16-8-10-17(11-9-16)24-21-22-13-12-19(25-21)26(2)3/h4-7,12-13,16-17H,8-11,14H2,1-3H3,(H,23,27)(H,22,24,25). The molecule has 1 aromatic heterocycles. The van der Waals surface area contributed by atoms with E-state index in [2.05, 4.69) is 20.6 Å². The topological polar surface area (TPSA) is 70.2 Å². The fourth-order valence-corrected chi connectivity index (χ4v) is 3.52. The lowest BCUT2D eigenvalue weighted by Gasteiger charge is -2.29. The highest BCUT2D eigenvalue weighted by Crippen LogP contribution is 2.26. The highest BCUT2D eigenvalue weighted by molar-refractivity contribution is 5.95. The molecule has 1 aliphatic carbocycles. The lowest BCUT2D eigenvalue weighted by Crippen LogP contribution is -2.34. The molecule has 1 saturated carbocycles. The van der Waals surface area contributed by atoms with E-state index in [-0.39, 0.29) is 5.91 Å². The summed E-state index contributed by atoms with van der Waals surface area (Å²) >= 11 is 0. The van der Waals surface area contributed by atoms with Crippen LogP contribution in [-0.4, -0.2) is 42.6 Å². The molecule has 1 aromatic carbocycles. The third kappa shape index (κ3) is 5.18. The Morgan fingerprint density at radius 3 is 2.59 bits per heavy atom. The highest BCUT2D eigenvalue weighted by Gasteiger charge is 2.22. The lowest BCUT2D eigenvalue weighted by atomic mass is 9.86. The number of hydrogen-bond donors (Lipinski definition) is 2. The SMILES string of the molecule is Cc1ccccc1C(=O)NCC1CCC(Nc2nccc(N(C)C)n2)CC1. The molecule has 1 heterocycles. The summed E-state index contributed by atoms with van der Waals surface area (Å²) in [6.07, 6.45) is 6.12. The van der Waals surface area contributed by atoms with Crippen LogP contribution >= 0.6 is 0 Å². The number of anilines is 2. The van der Waals surface area contributed by atoms with E-state index < -0.39 is 0 Å². The van der Waals surface area contributed by atoms with Crippen LogP contribution in [0.5, 0.6) is 0 Å². The summed E-state index contributed by atoms with van der Waals surface area (Å²) in [5, 5.41) is 6.56. The molecule has 1 amide bonds. The molecule has 0 spiro atoms. The molecule has 27 heavy (non-hydrogen) atoms. The van der Waals surface area contributed by atoms with Crippen LogP contribution in [0, 0.1) is 12.8 Å². The first-order chi connectivity index (χ1) is 13.0. The summed E-state index contributed by atoms with van der Waals surface area (Å²) in [4.78, 5) is 23.2. The van der Waals surface area contributed by atoms with Gasteiger partial charge in [-0.1, -0.05) is 18.2 Å². The normalized spacial score (nSPS) is 19.4. The van der Waals surface area contributed by atoms with Crippen molar-refractivity contribution in [2.45, 2.75) is 38.6 Å². The summed E-state index contributed by atoms with van der Waals surface area (Å²) in [6, 6.07) is 10.0. The van der Waals surface area contributed by atoms with Crippen LogP contribution in [0.4, 0.5) is 11.8 Å². The zero-order chi connectivity index (χ0) is 19.2. The molecule has 0 unspecified atom stereocenters. The van der Waals surface area contributed by atoms with Crippen LogP contribution in [0.15, 0.2) is 36.5 Å². The van der Waals surface area contributed by atoms with E-state index in [0.717, 1.165) is 49.2 Å². The van der Waals surface area contributed by atoms with Crippen LogP contribution in [-0.2, 0) is 0 Å². The van der Waals surface area contributed by atoms with E-state index in [4.69, 9.17) is 0 Å². The lowest BCUT2D eigenvalue weighted by molar-refractivity contribution is 0.0942. The first kappa shape index (κ1) is 19.1. The van der Waals surface area contributed by atoms with Gasteiger partial charge in [-0.15, -0.1) is 0 Å². The number of carbonyl (C=O) groups excluding carboxylic acids is 1. The second-order valence-electron chi connectivity index (χ2n) is 7.52. The molecule has 0 bridgehead atoms. The maximum Gasteiger partial charge on any atom is 0.251 e. The molecule has 0 saturated heterocycles. The first-order valence-electron chi connectivity index (χ1n) is 9.63. The Morgan fingerprint density at radius 1 is 1.15 bits per heavy atom. The molecular formula is C21H29N5O. The summed E-state index contributed by atoms with van der Waals surface area (Å²) in [7, 11) is 3.95. The predicted molar refractivity (Wildman–Crippen MR) is 109 cm³/mol. The quantitative estimate of drug-likeness (QED) is 0.820. The molecule has 6 heteroatoms. The minimum Gasteiger partial charge on any atom is -0.363 e. The number of aromatic nitrogens is 2. The van der Waals surface area contributed by atoms with Gasteiger partial charge < -0.3 is 15.5 Å². The third-order valence-corrected chi connectivity index (χ3v) is 5.22. The molecule has 1 aliphatic rings. The van der Waals surface area contributed by atoms with Gasteiger partial charge >= 0.3 is 0 Å². The molecule has 0 atom stereocenters. The second kappa shape index (κ2) is 8.84. The molecule has 2 aromatic rings. The molecular weight excluding hydrogens is 338 g/mol. The fraction of sp³-hybridized carbons (Fsp3) is 0.476. The number of benzene rings is 1. The summed E-state index contributed by atoms with van der Waals surface area (Å²) in [5.41, 5.74) is 1.79. The molecule has 2 N–H and O–H groups in total. The Kier molecular flexibility index (Phi) is 6.27. The zero-order valence-corrected chi connectivity index (χ0v) is 16.4. The van der Waals surface area contributed by atoms with Gasteiger partial charge in [0.25, 0.3) is 5.91 Å². The van der Waals surface area contributed by atoms with Gasteiger partial charge in [0.15, 0.2) is 0 Å². The van der Waals surface area contributed by atoms with E-state index >= 15 is 0 Å². The van der Waals surface area contributed by atoms with E-state index in [0.29, 0.717) is 17.9 Å². The number of hydrogen-bond acceptors (Lipinski definition) is 5. The summed E-state index contributed by atoms with van der Waals surface area (Å²) < 4.78 is 0. The van der Waals surface area contributed by atoms with Crippen LogP contribution in [0.3, 0.4) is 0 Å². The van der Waals surface area contributed by atoms with Crippen molar-refractivity contribution in [1.82, 2.24) is 15.3 Å². The van der Waals surface area contributed by atoms with Gasteiger partial charge in [-0.2, -0.15) is 4.98 Å². The van der Waals surface area contributed by atoms with Gasteiger partial charge in [-0.3, -0.25) is 4.79 Å². The number of carbonyl (C=O) groups is 1. The van der Waals surface area contributed by atoms with Crippen LogP contribution in [0.25, 0.3) is 0 Å². The van der Waals surface area contributed by atoms with Crippen molar-refractivity contribution in [2.24, 2.45) is 5.92 Å². The number of aryl methyl sites for hydroxylation is 1. The van der Waals surface area contributed by atoms with Crippen molar-refractivity contribution < 1.29 is 4.79 Å². The highest BCUT2D eigenvalue weighted by atomic mass is 16.1. The monoisotopic (exact) mass is 367 g/mol. The molecule has 144 valence electrons. The van der Waals surface area contributed by atoms with Crippen LogP contribution < -0.4 is 15.5 Å². The van der Waals surface area contributed by atoms with Gasteiger partial charge in [-0.05, 0) is 56.2 Å². The Labute approximate surface area is 161 Å². The summed E-state index contributed by atoms with van der Waals surface area (Å²) in [5.74, 6) is 2.16. The first-order valence-corrected chi connectivity index (χ1v) is 9.63. The van der Waals surface area contributed by atoms with Crippen LogP contribution in [0.1, 0.15) is 41.6 Å². The van der Waals surface area contributed by atoms with Crippen molar-refractivity contribution >= 4 is 17.7 Å². The number of rotatable bonds is 6. The van der Waals surface area contributed by atoms with Crippen molar-refractivity contribution in [3.05, 3.63) is 47.7 Å². The molecule has 0 radical (unpaired) electrons. The van der Waals surface area contributed by atoms with E-state index in [1.54, 1.807) is 6.20 Å². The Bertz CT molecular complexity index is 769. The minimum atomic E-state index is 0.0299. The average molecular weight is 367 g/mol. The van der Waals surface area contributed by atoms with Gasteiger partial charge in [0, 0.05) is 38.4 Å². The largest absolute Gasteiger partial charge is 0.363 e. The molecule has 1 fully saturated rings. The van der Waals surface area contributed by atoms with Crippen molar-refractivity contribution in [3.8, 4) is 0 Å². The maximum absolute atomic E-state index is 12.4. The fourth-order valence-electron chi connectivity index (χ4n) is 3.52. The van der Waals surface area contributed by atoms with Crippen molar-refractivity contribution in [3.63, 3.8) is 0 Å². The molecule has 3 rings (SSSR count). The number of nitrogens with one attached hydrogen (secondary N) is 2.